The van der Waals surface area contributed by atoms with Gasteiger partial charge in [-0.2, -0.15) is 14.6 Å². The largest absolute Gasteiger partial charge is 0.346 e. The number of hydrogen-bond donors (Lipinski definition) is 1. The summed E-state index contributed by atoms with van der Waals surface area (Å²) >= 11 is 0. The van der Waals surface area contributed by atoms with Crippen LogP contribution in [0.1, 0.15) is 16.1 Å². The summed E-state index contributed by atoms with van der Waals surface area (Å²) in [7, 11) is 0. The van der Waals surface area contributed by atoms with Crippen LogP contribution in [0.3, 0.4) is 0 Å². The summed E-state index contributed by atoms with van der Waals surface area (Å²) in [5.41, 5.74) is 0.118. The van der Waals surface area contributed by atoms with Gasteiger partial charge in [0.05, 0.1) is 17.8 Å². The number of aromatic nitrogens is 3. The lowest BCUT2D eigenvalue weighted by atomic mass is 10.2. The van der Waals surface area contributed by atoms with Crippen LogP contribution in [0.15, 0.2) is 30.6 Å². The van der Waals surface area contributed by atoms with Crippen molar-refractivity contribution in [3.05, 3.63) is 53.6 Å². The highest BCUT2D eigenvalue weighted by molar-refractivity contribution is 5.94. The number of hydrogen-bond acceptors (Lipinski definition) is 4. The molecule has 2 aromatic rings. The first-order chi connectivity index (χ1) is 8.68. The first kappa shape index (κ1) is 12.0. The van der Waals surface area contributed by atoms with Gasteiger partial charge in [-0.05, 0) is 18.2 Å². The Balaban J connectivity index is 2.07. The molecule has 0 aliphatic carbocycles. The molecular formula is C11H8F2N4O. The topological polar surface area (TPSA) is 67.8 Å². The first-order valence-electron chi connectivity index (χ1n) is 5.03. The van der Waals surface area contributed by atoms with Crippen LogP contribution in [0.5, 0.6) is 0 Å². The Morgan fingerprint density at radius 1 is 1.28 bits per heavy atom. The maximum atomic E-state index is 13.3. The van der Waals surface area contributed by atoms with Gasteiger partial charge in [-0.15, -0.1) is 0 Å². The predicted molar refractivity (Wildman–Crippen MR) is 57.4 cm³/mol. The van der Waals surface area contributed by atoms with Crippen LogP contribution < -0.4 is 5.32 Å². The summed E-state index contributed by atoms with van der Waals surface area (Å²) in [6.45, 7) is 0.0794. The van der Waals surface area contributed by atoms with E-state index in [2.05, 4.69) is 20.5 Å². The van der Waals surface area contributed by atoms with Gasteiger partial charge in [0.15, 0.2) is 5.82 Å². The molecular weight excluding hydrogens is 242 g/mol. The fraction of sp³-hybridized carbons (Fsp3) is 0.0909. The highest BCUT2D eigenvalue weighted by Gasteiger charge is 2.15. The molecule has 0 aliphatic rings. The summed E-state index contributed by atoms with van der Waals surface area (Å²) in [5.74, 6) is -3.31. The van der Waals surface area contributed by atoms with Crippen molar-refractivity contribution in [1.82, 2.24) is 20.5 Å². The minimum atomic E-state index is -1.30. The Kier molecular flexibility index (Phi) is 3.52. The van der Waals surface area contributed by atoms with E-state index in [1.165, 1.54) is 6.20 Å². The number of nitrogens with zero attached hydrogens (tertiary/aromatic N) is 3. The molecule has 0 aromatic carbocycles. The molecule has 2 rings (SSSR count). The van der Waals surface area contributed by atoms with Gasteiger partial charge < -0.3 is 5.32 Å². The molecule has 0 atom stereocenters. The third-order valence-corrected chi connectivity index (χ3v) is 2.15. The molecule has 0 spiro atoms. The molecule has 5 nitrogen and oxygen atoms in total. The number of halogens is 2. The average molecular weight is 250 g/mol. The SMILES string of the molecule is O=C(NCc1cccnn1)c1ccnc(F)c1F. The lowest BCUT2D eigenvalue weighted by molar-refractivity contribution is 0.0945. The zero-order valence-corrected chi connectivity index (χ0v) is 9.10. The van der Waals surface area contributed by atoms with E-state index in [4.69, 9.17) is 0 Å². The minimum absolute atomic E-state index is 0.0794. The third kappa shape index (κ3) is 2.62. The quantitative estimate of drug-likeness (QED) is 0.828. The van der Waals surface area contributed by atoms with E-state index >= 15 is 0 Å². The summed E-state index contributed by atoms with van der Waals surface area (Å²) in [4.78, 5) is 14.7. The molecule has 0 unspecified atom stereocenters. The van der Waals surface area contributed by atoms with Crippen molar-refractivity contribution in [3.63, 3.8) is 0 Å². The molecule has 18 heavy (non-hydrogen) atoms. The fourth-order valence-electron chi connectivity index (χ4n) is 1.29. The van der Waals surface area contributed by atoms with E-state index in [1.807, 2.05) is 0 Å². The van der Waals surface area contributed by atoms with Gasteiger partial charge in [-0.25, -0.2) is 9.37 Å². The molecule has 0 saturated heterocycles. The van der Waals surface area contributed by atoms with Gasteiger partial charge in [0.1, 0.15) is 0 Å². The van der Waals surface area contributed by atoms with Crippen LogP contribution in [0.4, 0.5) is 8.78 Å². The third-order valence-electron chi connectivity index (χ3n) is 2.15. The van der Waals surface area contributed by atoms with Crippen molar-refractivity contribution < 1.29 is 13.6 Å². The number of nitrogens with one attached hydrogen (secondary N) is 1. The zero-order chi connectivity index (χ0) is 13.0. The molecule has 0 bridgehead atoms. The van der Waals surface area contributed by atoms with Crippen LogP contribution in [-0.2, 0) is 6.54 Å². The standard InChI is InChI=1S/C11H8F2N4O/c12-9-8(3-5-14-10(9)13)11(18)15-6-7-2-1-4-16-17-7/h1-5H,6H2,(H,15,18). The van der Waals surface area contributed by atoms with Gasteiger partial charge in [0.25, 0.3) is 5.91 Å². The normalized spacial score (nSPS) is 10.1. The van der Waals surface area contributed by atoms with Gasteiger partial charge in [-0.1, -0.05) is 0 Å². The van der Waals surface area contributed by atoms with Crippen molar-refractivity contribution in [3.8, 4) is 0 Å². The highest BCUT2D eigenvalue weighted by atomic mass is 19.2. The Morgan fingerprint density at radius 3 is 2.83 bits per heavy atom. The number of carbonyl (C=O) groups excluding carboxylic acids is 1. The lowest BCUT2D eigenvalue weighted by Gasteiger charge is -2.05. The zero-order valence-electron chi connectivity index (χ0n) is 9.10. The van der Waals surface area contributed by atoms with Crippen LogP contribution in [-0.4, -0.2) is 21.1 Å². The molecule has 1 N–H and O–H groups in total. The minimum Gasteiger partial charge on any atom is -0.346 e. The fourth-order valence-corrected chi connectivity index (χ4v) is 1.29. The van der Waals surface area contributed by atoms with E-state index < -0.39 is 23.2 Å². The lowest BCUT2D eigenvalue weighted by Crippen LogP contribution is -2.25. The number of rotatable bonds is 3. The maximum absolute atomic E-state index is 13.3. The van der Waals surface area contributed by atoms with Crippen LogP contribution in [0.2, 0.25) is 0 Å². The number of carbonyl (C=O) groups is 1. The molecule has 0 radical (unpaired) electrons. The summed E-state index contributed by atoms with van der Waals surface area (Å²) < 4.78 is 26.1. The second kappa shape index (κ2) is 5.26. The van der Waals surface area contributed by atoms with Crippen molar-refractivity contribution in [2.45, 2.75) is 6.54 Å². The molecule has 2 aromatic heterocycles. The van der Waals surface area contributed by atoms with Crippen LogP contribution in [0.25, 0.3) is 0 Å². The van der Waals surface area contributed by atoms with Crippen molar-refractivity contribution in [2.75, 3.05) is 0 Å². The molecule has 2 heterocycles. The Bertz CT molecular complexity index is 562. The average Bonchev–Trinajstić information content (AvgIpc) is 2.40. The highest BCUT2D eigenvalue weighted by Crippen LogP contribution is 2.08. The molecule has 0 aliphatic heterocycles. The van der Waals surface area contributed by atoms with Crippen molar-refractivity contribution in [1.29, 1.82) is 0 Å². The first-order valence-corrected chi connectivity index (χ1v) is 5.03. The van der Waals surface area contributed by atoms with Crippen LogP contribution >= 0.6 is 0 Å². The summed E-state index contributed by atoms with van der Waals surface area (Å²) in [6, 6.07) is 4.41. The van der Waals surface area contributed by atoms with Gasteiger partial charge in [0, 0.05) is 12.4 Å². The van der Waals surface area contributed by atoms with Crippen molar-refractivity contribution in [2.24, 2.45) is 0 Å². The number of amides is 1. The van der Waals surface area contributed by atoms with E-state index in [0.717, 1.165) is 12.3 Å². The second-order valence-electron chi connectivity index (χ2n) is 3.36. The molecule has 7 heteroatoms. The van der Waals surface area contributed by atoms with E-state index in [1.54, 1.807) is 12.1 Å². The second-order valence-corrected chi connectivity index (χ2v) is 3.36. The molecule has 1 amide bonds. The summed E-state index contributed by atoms with van der Waals surface area (Å²) in [6.07, 6.45) is 2.51. The maximum Gasteiger partial charge on any atom is 0.254 e. The molecule has 0 fully saturated rings. The Morgan fingerprint density at radius 2 is 2.11 bits per heavy atom. The van der Waals surface area contributed by atoms with E-state index in [-0.39, 0.29) is 6.54 Å². The Labute approximate surface area is 101 Å². The smallest absolute Gasteiger partial charge is 0.254 e. The van der Waals surface area contributed by atoms with Crippen molar-refractivity contribution >= 4 is 5.91 Å². The molecule has 0 saturated carbocycles. The summed E-state index contributed by atoms with van der Waals surface area (Å²) in [5, 5.41) is 9.77. The Hall–Kier alpha value is -2.44. The molecule has 92 valence electrons. The van der Waals surface area contributed by atoms with E-state index in [9.17, 15) is 13.6 Å². The van der Waals surface area contributed by atoms with Crippen LogP contribution in [0, 0.1) is 11.8 Å². The van der Waals surface area contributed by atoms with Gasteiger partial charge in [-0.3, -0.25) is 4.79 Å². The monoisotopic (exact) mass is 250 g/mol. The van der Waals surface area contributed by atoms with Gasteiger partial charge >= 0.3 is 0 Å². The van der Waals surface area contributed by atoms with E-state index in [0.29, 0.717) is 5.69 Å². The number of pyridine rings is 1. The predicted octanol–water partition coefficient (Wildman–Crippen LogP) is 1.08. The van der Waals surface area contributed by atoms with Gasteiger partial charge in [0.2, 0.25) is 5.95 Å².